The number of nitriles is 1. The third kappa shape index (κ3) is 2.89. The maximum atomic E-state index is 12.2. The molecular formula is C13H11N3O2S. The summed E-state index contributed by atoms with van der Waals surface area (Å²) >= 11 is 0. The average Bonchev–Trinajstić information content (AvgIpc) is 2.39. The smallest absolute Gasteiger partial charge is 0.182 e. The Morgan fingerprint density at radius 1 is 1.21 bits per heavy atom. The summed E-state index contributed by atoms with van der Waals surface area (Å²) in [7, 11) is -3.51. The molecule has 0 atom stereocenters. The van der Waals surface area contributed by atoms with Gasteiger partial charge in [0, 0.05) is 17.4 Å². The number of aromatic nitrogens is 1. The molecule has 0 saturated carbocycles. The van der Waals surface area contributed by atoms with E-state index in [2.05, 4.69) is 4.98 Å². The molecule has 0 unspecified atom stereocenters. The van der Waals surface area contributed by atoms with Gasteiger partial charge < -0.3 is 5.73 Å². The molecule has 1 aromatic carbocycles. The number of nitrogens with two attached hydrogens (primary N) is 1. The zero-order valence-electron chi connectivity index (χ0n) is 9.95. The van der Waals surface area contributed by atoms with Crippen LogP contribution >= 0.6 is 0 Å². The van der Waals surface area contributed by atoms with Crippen LogP contribution in [0.2, 0.25) is 0 Å². The lowest BCUT2D eigenvalue weighted by Gasteiger charge is -2.06. The second kappa shape index (κ2) is 5.08. The molecule has 2 rings (SSSR count). The van der Waals surface area contributed by atoms with E-state index in [0.29, 0.717) is 11.3 Å². The molecule has 6 heteroatoms. The fraction of sp³-hybridized carbons (Fsp3) is 0.0769. The summed E-state index contributed by atoms with van der Waals surface area (Å²) in [5.74, 6) is -0.256. The van der Waals surface area contributed by atoms with Crippen molar-refractivity contribution in [1.82, 2.24) is 4.98 Å². The van der Waals surface area contributed by atoms with Gasteiger partial charge in [0.2, 0.25) is 0 Å². The van der Waals surface area contributed by atoms with Gasteiger partial charge >= 0.3 is 0 Å². The summed E-state index contributed by atoms with van der Waals surface area (Å²) < 4.78 is 24.4. The highest BCUT2D eigenvalue weighted by Gasteiger charge is 2.17. The Hall–Kier alpha value is -2.39. The number of nitrogens with zero attached hydrogens (tertiary/aromatic N) is 2. The Morgan fingerprint density at radius 2 is 1.89 bits per heavy atom. The number of pyridine rings is 1. The highest BCUT2D eigenvalue weighted by molar-refractivity contribution is 7.90. The molecular weight excluding hydrogens is 262 g/mol. The van der Waals surface area contributed by atoms with Crippen LogP contribution in [0.5, 0.6) is 0 Å². The fourth-order valence-corrected chi connectivity index (χ4v) is 2.98. The van der Waals surface area contributed by atoms with E-state index in [4.69, 9.17) is 11.0 Å². The van der Waals surface area contributed by atoms with E-state index in [0.717, 1.165) is 0 Å². The lowest BCUT2D eigenvalue weighted by molar-refractivity contribution is 0.595. The van der Waals surface area contributed by atoms with Crippen molar-refractivity contribution in [2.75, 3.05) is 5.73 Å². The van der Waals surface area contributed by atoms with Crippen LogP contribution in [0, 0.1) is 11.3 Å². The van der Waals surface area contributed by atoms with Gasteiger partial charge in [0.1, 0.15) is 11.8 Å². The van der Waals surface area contributed by atoms with E-state index >= 15 is 0 Å². The van der Waals surface area contributed by atoms with Crippen LogP contribution in [0.3, 0.4) is 0 Å². The topological polar surface area (TPSA) is 96.8 Å². The maximum Gasteiger partial charge on any atom is 0.182 e. The van der Waals surface area contributed by atoms with E-state index < -0.39 is 9.84 Å². The SMILES string of the molecule is N#Cc1ncccc1CS(=O)(=O)c1ccc(N)cc1. The summed E-state index contributed by atoms with van der Waals surface area (Å²) in [5.41, 5.74) is 6.54. The summed E-state index contributed by atoms with van der Waals surface area (Å²) in [4.78, 5) is 4.02. The zero-order chi connectivity index (χ0) is 13.9. The predicted molar refractivity (Wildman–Crippen MR) is 70.7 cm³/mol. The number of benzene rings is 1. The van der Waals surface area contributed by atoms with Gasteiger partial charge in [-0.15, -0.1) is 0 Å². The van der Waals surface area contributed by atoms with Gasteiger partial charge in [0.05, 0.1) is 10.6 Å². The Labute approximate surface area is 111 Å². The number of hydrogen-bond donors (Lipinski definition) is 1. The van der Waals surface area contributed by atoms with E-state index in [9.17, 15) is 8.42 Å². The Morgan fingerprint density at radius 3 is 2.53 bits per heavy atom. The number of anilines is 1. The van der Waals surface area contributed by atoms with Gasteiger partial charge in [-0.25, -0.2) is 13.4 Å². The van der Waals surface area contributed by atoms with Gasteiger partial charge in [-0.1, -0.05) is 6.07 Å². The molecule has 1 heterocycles. The van der Waals surface area contributed by atoms with Crippen LogP contribution in [0.25, 0.3) is 0 Å². The molecule has 0 fully saturated rings. The highest BCUT2D eigenvalue weighted by Crippen LogP contribution is 2.18. The number of hydrogen-bond acceptors (Lipinski definition) is 5. The van der Waals surface area contributed by atoms with Crippen molar-refractivity contribution in [1.29, 1.82) is 5.26 Å². The summed E-state index contributed by atoms with van der Waals surface area (Å²) in [6.45, 7) is 0. The zero-order valence-corrected chi connectivity index (χ0v) is 10.8. The van der Waals surface area contributed by atoms with Gasteiger partial charge in [0.15, 0.2) is 9.84 Å². The second-order valence-corrected chi connectivity index (χ2v) is 5.94. The average molecular weight is 273 g/mol. The lowest BCUT2D eigenvalue weighted by Crippen LogP contribution is -2.07. The molecule has 0 saturated heterocycles. The van der Waals surface area contributed by atoms with Crippen LogP contribution in [-0.2, 0) is 15.6 Å². The van der Waals surface area contributed by atoms with Crippen molar-refractivity contribution >= 4 is 15.5 Å². The number of rotatable bonds is 3. The lowest BCUT2D eigenvalue weighted by atomic mass is 10.2. The first-order valence-electron chi connectivity index (χ1n) is 5.45. The van der Waals surface area contributed by atoms with Crippen molar-refractivity contribution in [3.8, 4) is 6.07 Å². The first kappa shape index (κ1) is 13.1. The standard InChI is InChI=1S/C13H11N3O2S/c14-8-13-10(2-1-7-16-13)9-19(17,18)12-5-3-11(15)4-6-12/h1-7H,9,15H2. The van der Waals surface area contributed by atoms with Crippen molar-refractivity contribution in [3.05, 3.63) is 53.9 Å². The van der Waals surface area contributed by atoms with Crippen LogP contribution in [-0.4, -0.2) is 13.4 Å². The van der Waals surface area contributed by atoms with E-state index in [1.54, 1.807) is 12.1 Å². The number of sulfone groups is 1. The summed E-state index contributed by atoms with van der Waals surface area (Å²) in [6, 6.07) is 11.0. The van der Waals surface area contributed by atoms with E-state index in [1.165, 1.54) is 30.5 Å². The van der Waals surface area contributed by atoms with Gasteiger partial charge in [-0.05, 0) is 30.3 Å². The molecule has 0 radical (unpaired) electrons. The first-order chi connectivity index (χ1) is 9.03. The third-order valence-corrected chi connectivity index (χ3v) is 4.26. The molecule has 1 aromatic heterocycles. The Kier molecular flexibility index (Phi) is 3.49. The van der Waals surface area contributed by atoms with Crippen molar-refractivity contribution in [2.24, 2.45) is 0 Å². The molecule has 5 nitrogen and oxygen atoms in total. The molecule has 96 valence electrons. The molecule has 0 aliphatic heterocycles. The largest absolute Gasteiger partial charge is 0.399 e. The first-order valence-corrected chi connectivity index (χ1v) is 7.10. The Bertz CT molecular complexity index is 731. The van der Waals surface area contributed by atoms with Gasteiger partial charge in [-0.2, -0.15) is 5.26 Å². The molecule has 0 aliphatic carbocycles. The number of nitrogen functional groups attached to an aromatic ring is 1. The van der Waals surface area contributed by atoms with Crippen molar-refractivity contribution in [2.45, 2.75) is 10.6 Å². The molecule has 19 heavy (non-hydrogen) atoms. The van der Waals surface area contributed by atoms with Crippen molar-refractivity contribution < 1.29 is 8.42 Å². The van der Waals surface area contributed by atoms with E-state index in [1.807, 2.05) is 6.07 Å². The van der Waals surface area contributed by atoms with Gasteiger partial charge in [-0.3, -0.25) is 0 Å². The normalized spacial score (nSPS) is 10.9. The monoisotopic (exact) mass is 273 g/mol. The molecule has 2 N–H and O–H groups in total. The second-order valence-electron chi connectivity index (χ2n) is 3.95. The minimum atomic E-state index is -3.51. The molecule has 0 aliphatic rings. The van der Waals surface area contributed by atoms with E-state index in [-0.39, 0.29) is 16.3 Å². The molecule has 0 bridgehead atoms. The van der Waals surface area contributed by atoms with Crippen LogP contribution in [0.1, 0.15) is 11.3 Å². The summed E-state index contributed by atoms with van der Waals surface area (Å²) in [6.07, 6.45) is 1.46. The van der Waals surface area contributed by atoms with Crippen molar-refractivity contribution in [3.63, 3.8) is 0 Å². The molecule has 2 aromatic rings. The predicted octanol–water partition coefficient (Wildman–Crippen LogP) is 1.51. The minimum absolute atomic E-state index is 0.126. The van der Waals surface area contributed by atoms with Crippen LogP contribution in [0.4, 0.5) is 5.69 Å². The molecule has 0 amide bonds. The Balaban J connectivity index is 2.37. The van der Waals surface area contributed by atoms with Gasteiger partial charge in [0.25, 0.3) is 0 Å². The highest BCUT2D eigenvalue weighted by atomic mass is 32.2. The maximum absolute atomic E-state index is 12.2. The summed E-state index contributed by atoms with van der Waals surface area (Å²) in [5, 5.41) is 8.90. The quantitative estimate of drug-likeness (QED) is 0.855. The third-order valence-electron chi connectivity index (χ3n) is 2.58. The molecule has 0 spiro atoms. The fourth-order valence-electron chi connectivity index (χ4n) is 1.62. The minimum Gasteiger partial charge on any atom is -0.399 e. The van der Waals surface area contributed by atoms with Crippen LogP contribution < -0.4 is 5.73 Å². The van der Waals surface area contributed by atoms with Crippen LogP contribution in [0.15, 0.2) is 47.5 Å².